The van der Waals surface area contributed by atoms with Crippen LogP contribution in [0, 0.1) is 28.8 Å². The van der Waals surface area contributed by atoms with Crippen LogP contribution in [0.3, 0.4) is 0 Å². The van der Waals surface area contributed by atoms with Gasteiger partial charge in [-0.25, -0.2) is 23.1 Å². The van der Waals surface area contributed by atoms with Gasteiger partial charge < -0.3 is 19.5 Å². The lowest BCUT2D eigenvalue weighted by molar-refractivity contribution is -0.112. The van der Waals surface area contributed by atoms with Crippen molar-refractivity contribution in [3.63, 3.8) is 0 Å². The van der Waals surface area contributed by atoms with Gasteiger partial charge in [0.15, 0.2) is 11.5 Å². The molecule has 4 rings (SSSR count). The maximum Gasteiger partial charge on any atom is 0.297 e. The predicted molar refractivity (Wildman–Crippen MR) is 123 cm³/mol. The van der Waals surface area contributed by atoms with E-state index in [2.05, 4.69) is 9.97 Å². The summed E-state index contributed by atoms with van der Waals surface area (Å²) < 4.78 is 59.6. The van der Waals surface area contributed by atoms with E-state index < -0.39 is 40.4 Å². The second kappa shape index (κ2) is 10.2. The van der Waals surface area contributed by atoms with E-state index in [9.17, 15) is 22.8 Å². The van der Waals surface area contributed by atoms with Crippen molar-refractivity contribution in [1.29, 1.82) is 5.26 Å². The Morgan fingerprint density at radius 3 is 2.22 bits per heavy atom. The summed E-state index contributed by atoms with van der Waals surface area (Å²) in [7, 11) is 2.86. The van der Waals surface area contributed by atoms with Crippen molar-refractivity contribution in [3.05, 3.63) is 77.4 Å². The molecule has 37 heavy (non-hydrogen) atoms. The molecule has 1 aromatic heterocycles. The molecule has 0 spiro atoms. The molecular weight excluding hydrogens is 493 g/mol. The van der Waals surface area contributed by atoms with Gasteiger partial charge in [0.25, 0.3) is 11.7 Å². The average Bonchev–Trinajstić information content (AvgIpc) is 2.88. The van der Waals surface area contributed by atoms with E-state index >= 15 is 0 Å². The summed E-state index contributed by atoms with van der Waals surface area (Å²) in [5.41, 5.74) is -1.25. The number of methoxy groups -OCH3 is 2. The minimum Gasteiger partial charge on any atom is -0.493 e. The van der Waals surface area contributed by atoms with Crippen molar-refractivity contribution >= 4 is 28.3 Å². The van der Waals surface area contributed by atoms with Gasteiger partial charge in [0.1, 0.15) is 29.5 Å². The fourth-order valence-electron chi connectivity index (χ4n) is 3.36. The second-order valence-electron chi connectivity index (χ2n) is 7.36. The first kappa shape index (κ1) is 24.9. The minimum absolute atomic E-state index is 0.0245. The summed E-state index contributed by atoms with van der Waals surface area (Å²) >= 11 is 0. The second-order valence-corrected chi connectivity index (χ2v) is 7.36. The van der Waals surface area contributed by atoms with Gasteiger partial charge in [-0.05, 0) is 24.3 Å². The topological polar surface area (TPSA) is 123 Å². The fraction of sp³-hybridized carbons (Fsp3) is 0.0800. The van der Waals surface area contributed by atoms with E-state index in [0.29, 0.717) is 34.5 Å². The van der Waals surface area contributed by atoms with Gasteiger partial charge in [-0.15, -0.1) is 0 Å². The molecule has 0 unspecified atom stereocenters. The molecule has 186 valence electrons. The highest BCUT2D eigenvalue weighted by atomic mass is 19.1. The number of aromatic nitrogens is 2. The molecule has 9 nitrogen and oxygen atoms in total. The van der Waals surface area contributed by atoms with E-state index in [4.69, 9.17) is 19.5 Å². The monoisotopic (exact) mass is 508 g/mol. The maximum atomic E-state index is 14.8. The highest BCUT2D eigenvalue weighted by Crippen LogP contribution is 2.36. The number of nitrogens with zero attached hydrogens (tertiary/aromatic N) is 3. The predicted octanol–water partition coefficient (Wildman–Crippen LogP) is 4.55. The molecule has 0 bridgehead atoms. The van der Waals surface area contributed by atoms with Crippen molar-refractivity contribution in [2.45, 2.75) is 0 Å². The molecule has 0 radical (unpaired) electrons. The molecular formula is C25H15F3N4O5. The summed E-state index contributed by atoms with van der Waals surface area (Å²) in [6.07, 6.45) is 1.17. The standard InChI is InChI=1S/C25H15F3N4O5/c1-35-20-8-14-19(9-21(20)36-2)30-11-31-25(14)37-13-6-16(27)22(17(28)7-13)23(33)24(34)32-18-4-3-12(10-29)5-15(18)26/h3-9,11H,1-2H3,(H,32,34). The lowest BCUT2D eigenvalue weighted by Crippen LogP contribution is -2.25. The SMILES string of the molecule is COc1cc2ncnc(Oc3cc(F)c(C(=O)C(=O)Nc4ccc(C#N)cc4F)c(F)c3)c2cc1OC. The van der Waals surface area contributed by atoms with Crippen molar-refractivity contribution in [1.82, 2.24) is 9.97 Å². The van der Waals surface area contributed by atoms with Crippen molar-refractivity contribution in [2.24, 2.45) is 0 Å². The zero-order chi connectivity index (χ0) is 26.7. The number of hydrogen-bond donors (Lipinski definition) is 1. The number of nitriles is 1. The van der Waals surface area contributed by atoms with E-state index in [1.165, 1.54) is 32.7 Å². The Morgan fingerprint density at radius 2 is 1.59 bits per heavy atom. The number of carbonyl (C=O) groups is 2. The number of rotatable bonds is 7. The first-order valence-electron chi connectivity index (χ1n) is 10.3. The van der Waals surface area contributed by atoms with Crippen LogP contribution >= 0.6 is 0 Å². The van der Waals surface area contributed by atoms with Gasteiger partial charge in [-0.3, -0.25) is 9.59 Å². The van der Waals surface area contributed by atoms with Crippen molar-refractivity contribution in [2.75, 3.05) is 19.5 Å². The summed E-state index contributed by atoms with van der Waals surface area (Å²) in [6.45, 7) is 0. The van der Waals surface area contributed by atoms with Crippen LogP contribution in [0.5, 0.6) is 23.1 Å². The molecule has 0 fully saturated rings. The van der Waals surface area contributed by atoms with Gasteiger partial charge >= 0.3 is 0 Å². The number of ketones is 1. The lowest BCUT2D eigenvalue weighted by atomic mass is 10.1. The minimum atomic E-state index is -1.59. The van der Waals surface area contributed by atoms with Crippen LogP contribution in [-0.4, -0.2) is 35.9 Å². The van der Waals surface area contributed by atoms with Gasteiger partial charge in [-0.1, -0.05) is 0 Å². The number of carbonyl (C=O) groups excluding carboxylic acids is 2. The molecule has 0 saturated heterocycles. The molecule has 0 atom stereocenters. The zero-order valence-electron chi connectivity index (χ0n) is 19.1. The average molecular weight is 508 g/mol. The molecule has 0 saturated carbocycles. The van der Waals surface area contributed by atoms with Crippen LogP contribution in [0.2, 0.25) is 0 Å². The number of fused-ring (bicyclic) bond motifs is 1. The number of amides is 1. The largest absolute Gasteiger partial charge is 0.493 e. The van der Waals surface area contributed by atoms with Crippen LogP contribution in [0.1, 0.15) is 15.9 Å². The molecule has 4 aromatic rings. The van der Waals surface area contributed by atoms with Gasteiger partial charge in [0, 0.05) is 18.2 Å². The summed E-state index contributed by atoms with van der Waals surface area (Å²) in [5.74, 6) is -6.58. The van der Waals surface area contributed by atoms with E-state index in [1.54, 1.807) is 12.1 Å². The first-order chi connectivity index (χ1) is 17.7. The Morgan fingerprint density at radius 1 is 0.919 bits per heavy atom. The van der Waals surface area contributed by atoms with E-state index in [-0.39, 0.29) is 17.2 Å². The van der Waals surface area contributed by atoms with E-state index in [1.807, 2.05) is 5.32 Å². The van der Waals surface area contributed by atoms with Crippen LogP contribution in [0.25, 0.3) is 10.9 Å². The van der Waals surface area contributed by atoms with Crippen molar-refractivity contribution in [3.8, 4) is 29.2 Å². The number of nitrogens with one attached hydrogen (secondary N) is 1. The maximum absolute atomic E-state index is 14.8. The van der Waals surface area contributed by atoms with Gasteiger partial charge in [-0.2, -0.15) is 5.26 Å². The fourth-order valence-corrected chi connectivity index (χ4v) is 3.36. The van der Waals surface area contributed by atoms with Gasteiger partial charge in [0.05, 0.1) is 48.0 Å². The number of Topliss-reactive ketones (excluding diaryl/α,β-unsaturated/α-hetero) is 1. The Kier molecular flexibility index (Phi) is 6.88. The molecule has 12 heteroatoms. The highest BCUT2D eigenvalue weighted by molar-refractivity contribution is 6.46. The molecule has 0 aliphatic rings. The molecule has 0 aliphatic carbocycles. The zero-order valence-corrected chi connectivity index (χ0v) is 19.1. The Hall–Kier alpha value is -5.18. The molecule has 3 aromatic carbocycles. The third kappa shape index (κ3) is 4.96. The summed E-state index contributed by atoms with van der Waals surface area (Å²) in [5, 5.41) is 11.0. The number of hydrogen-bond acceptors (Lipinski definition) is 8. The highest BCUT2D eigenvalue weighted by Gasteiger charge is 2.26. The van der Waals surface area contributed by atoms with Crippen LogP contribution in [0.15, 0.2) is 48.8 Å². The Labute approximate surface area is 207 Å². The quantitative estimate of drug-likeness (QED) is 0.285. The van der Waals surface area contributed by atoms with E-state index in [0.717, 1.165) is 12.1 Å². The Bertz CT molecular complexity index is 1580. The third-order valence-corrected chi connectivity index (χ3v) is 5.11. The normalized spacial score (nSPS) is 10.5. The number of anilines is 1. The van der Waals surface area contributed by atoms with Crippen LogP contribution in [0.4, 0.5) is 18.9 Å². The first-order valence-corrected chi connectivity index (χ1v) is 10.3. The summed E-state index contributed by atoms with van der Waals surface area (Å²) in [6, 6.07) is 9.23. The van der Waals surface area contributed by atoms with Crippen LogP contribution < -0.4 is 19.5 Å². The van der Waals surface area contributed by atoms with Crippen molar-refractivity contribution < 1.29 is 37.0 Å². The number of halogens is 3. The summed E-state index contributed by atoms with van der Waals surface area (Å²) in [4.78, 5) is 32.8. The molecule has 1 amide bonds. The Balaban J connectivity index is 1.61. The molecule has 0 aliphatic heterocycles. The lowest BCUT2D eigenvalue weighted by Gasteiger charge is -2.12. The molecule has 1 heterocycles. The number of benzene rings is 3. The van der Waals surface area contributed by atoms with Crippen LogP contribution in [-0.2, 0) is 4.79 Å². The smallest absolute Gasteiger partial charge is 0.297 e. The molecule has 1 N–H and O–H groups in total. The van der Waals surface area contributed by atoms with Gasteiger partial charge in [0.2, 0.25) is 5.88 Å². The third-order valence-electron chi connectivity index (χ3n) is 5.11. The number of ether oxygens (including phenoxy) is 3.